The highest BCUT2D eigenvalue weighted by Crippen LogP contribution is 2.35. The fourth-order valence-electron chi connectivity index (χ4n) is 3.36. The van der Waals surface area contributed by atoms with Crippen LogP contribution in [0, 0.1) is 0 Å². The predicted octanol–water partition coefficient (Wildman–Crippen LogP) is 5.08. The first kappa shape index (κ1) is 23.0. The average Bonchev–Trinajstić information content (AvgIpc) is 3.06. The Hall–Kier alpha value is -2.67. The Morgan fingerprint density at radius 2 is 1.55 bits per heavy atom. The summed E-state index contributed by atoms with van der Waals surface area (Å²) >= 11 is 1.51. The zero-order valence-corrected chi connectivity index (χ0v) is 19.4. The summed E-state index contributed by atoms with van der Waals surface area (Å²) in [5, 5.41) is 0.490. The summed E-state index contributed by atoms with van der Waals surface area (Å²) in [4.78, 5) is 19.5. The highest BCUT2D eigenvalue weighted by atomic mass is 32.2. The topological polar surface area (TPSA) is 60.4 Å². The minimum Gasteiger partial charge on any atom is -0.494 e. The van der Waals surface area contributed by atoms with Gasteiger partial charge in [-0.2, -0.15) is 0 Å². The van der Waals surface area contributed by atoms with E-state index in [9.17, 15) is 4.79 Å². The van der Waals surface area contributed by atoms with Crippen LogP contribution >= 0.6 is 11.8 Å². The Bertz CT molecular complexity index is 914. The van der Waals surface area contributed by atoms with E-state index in [1.54, 1.807) is 4.90 Å². The summed E-state index contributed by atoms with van der Waals surface area (Å²) < 4.78 is 16.9. The van der Waals surface area contributed by atoms with E-state index >= 15 is 0 Å². The number of amides is 1. The molecule has 2 aromatic rings. The van der Waals surface area contributed by atoms with Crippen LogP contribution in [0.15, 0.2) is 47.5 Å². The average molecular weight is 443 g/mol. The third kappa shape index (κ3) is 5.73. The lowest BCUT2D eigenvalue weighted by Gasteiger charge is -2.15. The molecular formula is C24H30N2O4S. The van der Waals surface area contributed by atoms with Gasteiger partial charge in [-0.3, -0.25) is 9.69 Å². The number of benzene rings is 2. The number of carbonyl (C=O) groups excluding carboxylic acids is 1. The number of hydrogen-bond acceptors (Lipinski definition) is 6. The van der Waals surface area contributed by atoms with E-state index in [1.165, 1.54) is 11.8 Å². The van der Waals surface area contributed by atoms with Gasteiger partial charge in [0.25, 0.3) is 0 Å². The molecule has 0 spiro atoms. The van der Waals surface area contributed by atoms with Gasteiger partial charge in [0.05, 0.1) is 30.8 Å². The molecular weight excluding hydrogens is 412 g/mol. The Kier molecular flexibility index (Phi) is 8.23. The third-order valence-corrected chi connectivity index (χ3v) is 5.94. The molecule has 0 unspecified atom stereocenters. The van der Waals surface area contributed by atoms with E-state index in [4.69, 9.17) is 19.2 Å². The zero-order valence-electron chi connectivity index (χ0n) is 18.6. The normalized spacial score (nSPS) is 17.3. The quantitative estimate of drug-likeness (QED) is 0.514. The van der Waals surface area contributed by atoms with Crippen molar-refractivity contribution in [2.75, 3.05) is 26.4 Å². The molecule has 2 aromatic carbocycles. The summed E-state index contributed by atoms with van der Waals surface area (Å²) in [6.07, 6.45) is 0.573. The van der Waals surface area contributed by atoms with Gasteiger partial charge in [-0.05, 0) is 70.0 Å². The summed E-state index contributed by atoms with van der Waals surface area (Å²) in [6, 6.07) is 13.4. The third-order valence-electron chi connectivity index (χ3n) is 4.76. The van der Waals surface area contributed by atoms with Crippen LogP contribution < -0.4 is 14.2 Å². The number of amidine groups is 1. The SMILES string of the molecule is CCOc1ccc(N=C2S[C@@H](Cc3ccc(OCC)cc3OCC)C(=O)N2CC)cc1. The molecule has 1 fully saturated rings. The van der Waals surface area contributed by atoms with Crippen molar-refractivity contribution in [3.8, 4) is 17.2 Å². The minimum absolute atomic E-state index is 0.0773. The molecule has 166 valence electrons. The summed E-state index contributed by atoms with van der Waals surface area (Å²) in [7, 11) is 0. The molecule has 6 nitrogen and oxygen atoms in total. The van der Waals surface area contributed by atoms with Crippen molar-refractivity contribution in [3.63, 3.8) is 0 Å². The number of nitrogens with zero attached hydrogens (tertiary/aromatic N) is 2. The smallest absolute Gasteiger partial charge is 0.242 e. The maximum absolute atomic E-state index is 13.1. The van der Waals surface area contributed by atoms with Gasteiger partial charge in [0, 0.05) is 12.6 Å². The van der Waals surface area contributed by atoms with Crippen LogP contribution in [0.4, 0.5) is 5.69 Å². The zero-order chi connectivity index (χ0) is 22.2. The standard InChI is InChI=1S/C24H30N2O4S/c1-5-26-23(27)22(15-17-9-12-20(29-7-3)16-21(17)30-8-4)31-24(26)25-18-10-13-19(14-11-18)28-6-2/h9-14,16,22H,5-8,15H2,1-4H3/t22-/m0/s1. The molecule has 1 atom stereocenters. The van der Waals surface area contributed by atoms with Crippen molar-refractivity contribution >= 4 is 28.5 Å². The van der Waals surface area contributed by atoms with Crippen molar-refractivity contribution in [2.45, 2.75) is 39.4 Å². The summed E-state index contributed by atoms with van der Waals surface area (Å²) in [5.74, 6) is 2.43. The van der Waals surface area contributed by atoms with E-state index in [2.05, 4.69) is 0 Å². The van der Waals surface area contributed by atoms with Gasteiger partial charge >= 0.3 is 0 Å². The summed E-state index contributed by atoms with van der Waals surface area (Å²) in [5.41, 5.74) is 1.79. The van der Waals surface area contributed by atoms with Gasteiger partial charge in [0.2, 0.25) is 5.91 Å². The maximum Gasteiger partial charge on any atom is 0.242 e. The first-order valence-corrected chi connectivity index (χ1v) is 11.7. The lowest BCUT2D eigenvalue weighted by molar-refractivity contribution is -0.126. The van der Waals surface area contributed by atoms with Gasteiger partial charge < -0.3 is 14.2 Å². The highest BCUT2D eigenvalue weighted by molar-refractivity contribution is 8.15. The van der Waals surface area contributed by atoms with Crippen LogP contribution in [0.5, 0.6) is 17.2 Å². The lowest BCUT2D eigenvalue weighted by Crippen LogP contribution is -2.32. The Morgan fingerprint density at radius 1 is 0.903 bits per heavy atom. The molecule has 0 saturated carbocycles. The van der Waals surface area contributed by atoms with Crippen LogP contribution in [-0.4, -0.2) is 47.6 Å². The van der Waals surface area contributed by atoms with Crippen molar-refractivity contribution in [1.82, 2.24) is 4.90 Å². The molecule has 1 aliphatic heterocycles. The number of thioether (sulfide) groups is 1. The molecule has 0 aliphatic carbocycles. The molecule has 31 heavy (non-hydrogen) atoms. The number of carbonyl (C=O) groups is 1. The van der Waals surface area contributed by atoms with Gasteiger partial charge in [-0.1, -0.05) is 17.8 Å². The van der Waals surface area contributed by atoms with Gasteiger partial charge in [-0.25, -0.2) is 4.99 Å². The monoisotopic (exact) mass is 442 g/mol. The second-order valence-electron chi connectivity index (χ2n) is 6.85. The van der Waals surface area contributed by atoms with Gasteiger partial charge in [0.15, 0.2) is 5.17 Å². The Morgan fingerprint density at radius 3 is 2.19 bits per heavy atom. The van der Waals surface area contributed by atoms with Crippen LogP contribution in [-0.2, 0) is 11.2 Å². The van der Waals surface area contributed by atoms with Crippen molar-refractivity contribution in [3.05, 3.63) is 48.0 Å². The molecule has 7 heteroatoms. The van der Waals surface area contributed by atoms with E-state index in [0.29, 0.717) is 32.8 Å². The second kappa shape index (κ2) is 11.1. The fraction of sp³-hybridized carbons (Fsp3) is 0.417. The molecule has 1 amide bonds. The minimum atomic E-state index is -0.237. The maximum atomic E-state index is 13.1. The Balaban J connectivity index is 1.79. The van der Waals surface area contributed by atoms with Gasteiger partial charge in [-0.15, -0.1) is 0 Å². The lowest BCUT2D eigenvalue weighted by atomic mass is 10.1. The molecule has 0 N–H and O–H groups in total. The van der Waals surface area contributed by atoms with E-state index < -0.39 is 0 Å². The largest absolute Gasteiger partial charge is 0.494 e. The first-order valence-electron chi connectivity index (χ1n) is 10.8. The predicted molar refractivity (Wildman–Crippen MR) is 126 cm³/mol. The molecule has 3 rings (SSSR count). The first-order chi connectivity index (χ1) is 15.1. The van der Waals surface area contributed by atoms with Crippen LogP contribution in [0.1, 0.15) is 33.3 Å². The van der Waals surface area contributed by atoms with E-state index in [0.717, 1.165) is 33.7 Å². The number of aliphatic imine (C=N–C) groups is 1. The van der Waals surface area contributed by atoms with Crippen LogP contribution in [0.3, 0.4) is 0 Å². The van der Waals surface area contributed by atoms with Crippen molar-refractivity contribution < 1.29 is 19.0 Å². The van der Waals surface area contributed by atoms with Crippen molar-refractivity contribution in [1.29, 1.82) is 0 Å². The van der Waals surface area contributed by atoms with Crippen LogP contribution in [0.2, 0.25) is 0 Å². The Labute approximate surface area is 188 Å². The number of rotatable bonds is 10. The molecule has 1 aliphatic rings. The molecule has 0 bridgehead atoms. The molecule has 1 saturated heterocycles. The highest BCUT2D eigenvalue weighted by Gasteiger charge is 2.37. The molecule has 0 aromatic heterocycles. The van der Waals surface area contributed by atoms with E-state index in [1.807, 2.05) is 70.2 Å². The second-order valence-corrected chi connectivity index (χ2v) is 8.02. The molecule has 1 heterocycles. The molecule has 0 radical (unpaired) electrons. The van der Waals surface area contributed by atoms with Crippen LogP contribution in [0.25, 0.3) is 0 Å². The van der Waals surface area contributed by atoms with Gasteiger partial charge in [0.1, 0.15) is 17.2 Å². The van der Waals surface area contributed by atoms with E-state index in [-0.39, 0.29) is 11.2 Å². The number of ether oxygens (including phenoxy) is 3. The van der Waals surface area contributed by atoms with Crippen molar-refractivity contribution in [2.24, 2.45) is 4.99 Å². The number of hydrogen-bond donors (Lipinski definition) is 0. The summed E-state index contributed by atoms with van der Waals surface area (Å²) in [6.45, 7) is 10.2. The fourth-order valence-corrected chi connectivity index (χ4v) is 4.61.